The molecule has 24 heavy (non-hydrogen) atoms. The number of carbonyl (C=O) groups excluding carboxylic acids is 2. The zero-order valence-electron chi connectivity index (χ0n) is 13.6. The molecule has 0 radical (unpaired) electrons. The van der Waals surface area contributed by atoms with Crippen molar-refractivity contribution in [3.8, 4) is 0 Å². The summed E-state index contributed by atoms with van der Waals surface area (Å²) in [6.45, 7) is 3.36. The zero-order valence-corrected chi connectivity index (χ0v) is 13.6. The quantitative estimate of drug-likeness (QED) is 0.541. The number of nitrogens with zero attached hydrogens (tertiary/aromatic N) is 1. The molecule has 120 valence electrons. The second-order valence-electron chi connectivity index (χ2n) is 5.58. The predicted octanol–water partition coefficient (Wildman–Crippen LogP) is 3.89. The van der Waals surface area contributed by atoms with Crippen LogP contribution in [0.1, 0.15) is 32.0 Å². The fourth-order valence-electron chi connectivity index (χ4n) is 2.74. The van der Waals surface area contributed by atoms with E-state index >= 15 is 0 Å². The summed E-state index contributed by atoms with van der Waals surface area (Å²) in [6.07, 6.45) is 0. The molecule has 4 nitrogen and oxygen atoms in total. The van der Waals surface area contributed by atoms with Gasteiger partial charge in [0.25, 0.3) is 0 Å². The Kier molecular flexibility index (Phi) is 4.38. The van der Waals surface area contributed by atoms with E-state index in [0.29, 0.717) is 16.8 Å². The maximum atomic E-state index is 12.5. The molecule has 0 saturated heterocycles. The minimum Gasteiger partial charge on any atom is -0.454 e. The van der Waals surface area contributed by atoms with Crippen LogP contribution in [0.3, 0.4) is 0 Å². The number of ketones is 1. The lowest BCUT2D eigenvalue weighted by Crippen LogP contribution is -2.16. The van der Waals surface area contributed by atoms with Gasteiger partial charge in [-0.25, -0.2) is 4.79 Å². The van der Waals surface area contributed by atoms with Gasteiger partial charge >= 0.3 is 5.97 Å². The highest BCUT2D eigenvalue weighted by molar-refractivity contribution is 6.01. The maximum absolute atomic E-state index is 12.5. The van der Waals surface area contributed by atoms with Crippen LogP contribution < -0.4 is 0 Å². The number of Topliss-reactive ketones (excluding diaryl/α,β-unsaturated/α-hetero) is 1. The predicted molar refractivity (Wildman–Crippen MR) is 92.3 cm³/mol. The second-order valence-corrected chi connectivity index (χ2v) is 5.58. The SMILES string of the molecule is Cc1nc2ccccc2c(C)c1C(=O)OCC(=O)c1ccccc1. The minimum atomic E-state index is -0.521. The molecule has 0 bridgehead atoms. The van der Waals surface area contributed by atoms with Crippen LogP contribution in [0.25, 0.3) is 10.9 Å². The van der Waals surface area contributed by atoms with E-state index in [-0.39, 0.29) is 12.4 Å². The number of carbonyl (C=O) groups is 2. The van der Waals surface area contributed by atoms with Crippen molar-refractivity contribution in [2.24, 2.45) is 0 Å². The van der Waals surface area contributed by atoms with Gasteiger partial charge in [0, 0.05) is 10.9 Å². The number of fused-ring (bicyclic) bond motifs is 1. The van der Waals surface area contributed by atoms with Crippen LogP contribution in [0.4, 0.5) is 0 Å². The monoisotopic (exact) mass is 319 g/mol. The third-order valence-corrected chi connectivity index (χ3v) is 3.97. The Bertz CT molecular complexity index is 917. The lowest BCUT2D eigenvalue weighted by molar-refractivity contribution is 0.0473. The number of esters is 1. The van der Waals surface area contributed by atoms with Gasteiger partial charge in [-0.2, -0.15) is 0 Å². The third-order valence-electron chi connectivity index (χ3n) is 3.97. The van der Waals surface area contributed by atoms with E-state index in [2.05, 4.69) is 4.98 Å². The topological polar surface area (TPSA) is 56.3 Å². The summed E-state index contributed by atoms with van der Waals surface area (Å²) in [5.74, 6) is -0.750. The highest BCUT2D eigenvalue weighted by Crippen LogP contribution is 2.23. The van der Waals surface area contributed by atoms with Gasteiger partial charge in [0.2, 0.25) is 0 Å². The van der Waals surface area contributed by atoms with Crippen molar-refractivity contribution >= 4 is 22.7 Å². The number of hydrogen-bond acceptors (Lipinski definition) is 4. The van der Waals surface area contributed by atoms with Crippen molar-refractivity contribution in [2.75, 3.05) is 6.61 Å². The van der Waals surface area contributed by atoms with E-state index < -0.39 is 5.97 Å². The number of aryl methyl sites for hydroxylation is 2. The van der Waals surface area contributed by atoms with Crippen LogP contribution in [-0.4, -0.2) is 23.3 Å². The van der Waals surface area contributed by atoms with Gasteiger partial charge in [0.15, 0.2) is 12.4 Å². The Balaban J connectivity index is 1.83. The molecule has 0 aliphatic rings. The molecule has 0 unspecified atom stereocenters. The molecule has 0 aliphatic carbocycles. The highest BCUT2D eigenvalue weighted by Gasteiger charge is 2.19. The number of aromatic nitrogens is 1. The summed E-state index contributed by atoms with van der Waals surface area (Å²) in [7, 11) is 0. The Morgan fingerprint density at radius 1 is 0.958 bits per heavy atom. The second kappa shape index (κ2) is 6.62. The van der Waals surface area contributed by atoms with Gasteiger partial charge in [0.05, 0.1) is 16.8 Å². The van der Waals surface area contributed by atoms with Crippen molar-refractivity contribution < 1.29 is 14.3 Å². The van der Waals surface area contributed by atoms with Crippen molar-refractivity contribution in [3.05, 3.63) is 77.0 Å². The van der Waals surface area contributed by atoms with Crippen molar-refractivity contribution in [1.82, 2.24) is 4.98 Å². The van der Waals surface area contributed by atoms with Gasteiger partial charge in [0.1, 0.15) is 0 Å². The third kappa shape index (κ3) is 3.04. The van der Waals surface area contributed by atoms with Crippen molar-refractivity contribution in [2.45, 2.75) is 13.8 Å². The molecule has 0 N–H and O–H groups in total. The van der Waals surface area contributed by atoms with E-state index in [9.17, 15) is 9.59 Å². The number of pyridine rings is 1. The van der Waals surface area contributed by atoms with Crippen LogP contribution in [0.2, 0.25) is 0 Å². The molecule has 0 amide bonds. The van der Waals surface area contributed by atoms with Gasteiger partial charge in [-0.05, 0) is 25.5 Å². The lowest BCUT2D eigenvalue weighted by atomic mass is 10.0. The van der Waals surface area contributed by atoms with Gasteiger partial charge in [-0.3, -0.25) is 9.78 Å². The van der Waals surface area contributed by atoms with E-state index in [1.807, 2.05) is 37.3 Å². The first-order chi connectivity index (χ1) is 11.6. The summed E-state index contributed by atoms with van der Waals surface area (Å²) < 4.78 is 5.23. The number of rotatable bonds is 4. The molecule has 0 fully saturated rings. The Morgan fingerprint density at radius 2 is 1.62 bits per heavy atom. The minimum absolute atomic E-state index is 0.229. The van der Waals surface area contributed by atoms with E-state index in [1.165, 1.54) is 0 Å². The number of ether oxygens (including phenoxy) is 1. The molecule has 1 aromatic heterocycles. The summed E-state index contributed by atoms with van der Waals surface area (Å²) in [5, 5.41) is 0.907. The van der Waals surface area contributed by atoms with Crippen LogP contribution in [0.5, 0.6) is 0 Å². The molecule has 0 saturated carbocycles. The number of hydrogen-bond donors (Lipinski definition) is 0. The van der Waals surface area contributed by atoms with Gasteiger partial charge in [-0.1, -0.05) is 48.5 Å². The lowest BCUT2D eigenvalue weighted by Gasteiger charge is -2.11. The molecular formula is C20H17NO3. The molecule has 0 aliphatic heterocycles. The van der Waals surface area contributed by atoms with Gasteiger partial charge < -0.3 is 4.74 Å². The van der Waals surface area contributed by atoms with Crippen molar-refractivity contribution in [1.29, 1.82) is 0 Å². The Morgan fingerprint density at radius 3 is 2.38 bits per heavy atom. The molecule has 4 heteroatoms. The molecule has 3 rings (SSSR count). The standard InChI is InChI=1S/C20H17NO3/c1-13-16-10-6-7-11-17(16)21-14(2)19(13)20(23)24-12-18(22)15-8-4-3-5-9-15/h3-11H,12H2,1-2H3. The maximum Gasteiger partial charge on any atom is 0.340 e. The normalized spacial score (nSPS) is 10.6. The molecule has 2 aromatic carbocycles. The fraction of sp³-hybridized carbons (Fsp3) is 0.150. The average Bonchev–Trinajstić information content (AvgIpc) is 2.60. The smallest absolute Gasteiger partial charge is 0.340 e. The van der Waals surface area contributed by atoms with E-state index in [0.717, 1.165) is 16.5 Å². The molecule has 0 atom stereocenters. The number of para-hydroxylation sites is 1. The molecule has 1 heterocycles. The largest absolute Gasteiger partial charge is 0.454 e. The first-order valence-electron chi connectivity index (χ1n) is 7.69. The summed E-state index contributed by atoms with van der Waals surface area (Å²) in [6, 6.07) is 16.4. The van der Waals surface area contributed by atoms with Crippen LogP contribution in [-0.2, 0) is 4.74 Å². The fourth-order valence-corrected chi connectivity index (χ4v) is 2.74. The van der Waals surface area contributed by atoms with E-state index in [4.69, 9.17) is 4.74 Å². The van der Waals surface area contributed by atoms with Crippen LogP contribution in [0, 0.1) is 13.8 Å². The molecule has 0 spiro atoms. The van der Waals surface area contributed by atoms with Crippen molar-refractivity contribution in [3.63, 3.8) is 0 Å². The van der Waals surface area contributed by atoms with Crippen LogP contribution >= 0.6 is 0 Å². The Hall–Kier alpha value is -3.01. The number of benzene rings is 2. The average molecular weight is 319 g/mol. The zero-order chi connectivity index (χ0) is 17.1. The first-order valence-corrected chi connectivity index (χ1v) is 7.69. The first kappa shape index (κ1) is 15.9. The summed E-state index contributed by atoms with van der Waals surface area (Å²) in [5.41, 5.74) is 3.20. The summed E-state index contributed by atoms with van der Waals surface area (Å²) >= 11 is 0. The Labute approximate surface area is 140 Å². The van der Waals surface area contributed by atoms with Gasteiger partial charge in [-0.15, -0.1) is 0 Å². The van der Waals surface area contributed by atoms with E-state index in [1.54, 1.807) is 31.2 Å². The van der Waals surface area contributed by atoms with Crippen LogP contribution in [0.15, 0.2) is 54.6 Å². The molecule has 3 aromatic rings. The molecular weight excluding hydrogens is 302 g/mol. The summed E-state index contributed by atoms with van der Waals surface area (Å²) in [4.78, 5) is 29.0. The highest BCUT2D eigenvalue weighted by atomic mass is 16.5.